The van der Waals surface area contributed by atoms with Crippen molar-refractivity contribution in [1.82, 2.24) is 25.3 Å². The minimum Gasteiger partial charge on any atom is -0.490 e. The van der Waals surface area contributed by atoms with Gasteiger partial charge in [-0.05, 0) is 33.9 Å². The fraction of sp³-hybridized carbons (Fsp3) is 0.538. The van der Waals surface area contributed by atoms with Gasteiger partial charge in [0.25, 0.3) is 5.91 Å². The Morgan fingerprint density at radius 2 is 2.03 bits per heavy atom. The molecule has 1 aromatic carbocycles. The maximum absolute atomic E-state index is 15.4. The van der Waals surface area contributed by atoms with Crippen LogP contribution in [0.5, 0.6) is 5.75 Å². The van der Waals surface area contributed by atoms with Crippen molar-refractivity contribution < 1.29 is 13.9 Å². The maximum Gasteiger partial charge on any atom is 0.258 e. The number of amides is 1. The molecule has 2 atom stereocenters. The highest BCUT2D eigenvalue weighted by atomic mass is 35.5. The zero-order valence-electron chi connectivity index (χ0n) is 22.1. The molecule has 202 valence electrons. The number of hydrogen-bond acceptors (Lipinski definition) is 8. The van der Waals surface area contributed by atoms with Gasteiger partial charge in [0, 0.05) is 68.8 Å². The lowest BCUT2D eigenvalue weighted by atomic mass is 9.93. The third-order valence-electron chi connectivity index (χ3n) is 7.02. The molecular weight excluding hydrogens is 497 g/mol. The lowest BCUT2D eigenvalue weighted by Crippen LogP contribution is -2.47. The summed E-state index contributed by atoms with van der Waals surface area (Å²) in [4.78, 5) is 24.1. The average Bonchev–Trinajstić information content (AvgIpc) is 3.19. The van der Waals surface area contributed by atoms with Crippen LogP contribution in [0.1, 0.15) is 49.5 Å². The van der Waals surface area contributed by atoms with E-state index in [4.69, 9.17) is 22.1 Å². The first-order valence-corrected chi connectivity index (χ1v) is 13.1. The van der Waals surface area contributed by atoms with Crippen LogP contribution in [0, 0.1) is 5.82 Å². The van der Waals surface area contributed by atoms with E-state index in [9.17, 15) is 4.79 Å². The Labute approximate surface area is 223 Å². The number of benzene rings is 1. The second-order valence-electron chi connectivity index (χ2n) is 10.1. The number of aliphatic imine (C=N–C) groups is 1. The zero-order valence-corrected chi connectivity index (χ0v) is 22.9. The normalized spacial score (nSPS) is 21.1. The number of nitrogens with two attached hydrogens (primary N) is 1. The Bertz CT molecular complexity index is 1130. The second kappa shape index (κ2) is 11.3. The minimum atomic E-state index is -0.783. The molecule has 1 aromatic rings. The number of allylic oxidation sites excluding steroid dienone is 1. The van der Waals surface area contributed by atoms with E-state index in [1.807, 2.05) is 38.8 Å². The van der Waals surface area contributed by atoms with Gasteiger partial charge in [-0.3, -0.25) is 9.69 Å². The number of carbonyl (C=O) groups is 1. The third kappa shape index (κ3) is 5.71. The van der Waals surface area contributed by atoms with Crippen LogP contribution in [-0.4, -0.2) is 85.0 Å². The Morgan fingerprint density at radius 1 is 1.32 bits per heavy atom. The number of ether oxygens (including phenoxy) is 1. The summed E-state index contributed by atoms with van der Waals surface area (Å²) in [5.74, 6) is -0.960. The lowest BCUT2D eigenvalue weighted by Gasteiger charge is -2.33. The van der Waals surface area contributed by atoms with Crippen molar-refractivity contribution in [1.29, 1.82) is 0 Å². The van der Waals surface area contributed by atoms with Gasteiger partial charge in [0.15, 0.2) is 5.82 Å². The molecule has 1 unspecified atom stereocenters. The van der Waals surface area contributed by atoms with Gasteiger partial charge in [-0.1, -0.05) is 18.5 Å². The smallest absolute Gasteiger partial charge is 0.258 e. The number of piperazine rings is 1. The first kappa shape index (κ1) is 27.2. The summed E-state index contributed by atoms with van der Waals surface area (Å²) < 4.78 is 21.5. The van der Waals surface area contributed by atoms with Gasteiger partial charge in [-0.15, -0.1) is 0 Å². The van der Waals surface area contributed by atoms with E-state index >= 15 is 4.39 Å². The van der Waals surface area contributed by atoms with Gasteiger partial charge in [0.1, 0.15) is 29.0 Å². The highest BCUT2D eigenvalue weighted by Crippen LogP contribution is 2.41. The second-order valence-corrected chi connectivity index (χ2v) is 10.5. The third-order valence-corrected chi connectivity index (χ3v) is 7.29. The van der Waals surface area contributed by atoms with Gasteiger partial charge in [-0.25, -0.2) is 9.38 Å². The molecule has 4 N–H and O–H groups in total. The number of nitrogens with zero attached hydrogens (tertiary/aromatic N) is 4. The summed E-state index contributed by atoms with van der Waals surface area (Å²) in [6.07, 6.45) is 2.94. The van der Waals surface area contributed by atoms with E-state index in [1.54, 1.807) is 12.3 Å². The molecule has 3 heterocycles. The molecule has 4 rings (SSSR count). The molecular formula is C26H37ClFN7O2. The van der Waals surface area contributed by atoms with Crippen LogP contribution in [0.15, 0.2) is 34.9 Å². The van der Waals surface area contributed by atoms with Gasteiger partial charge < -0.3 is 30.9 Å². The predicted molar refractivity (Wildman–Crippen MR) is 144 cm³/mol. The molecule has 0 spiro atoms. The minimum absolute atomic E-state index is 0.125. The van der Waals surface area contributed by atoms with Gasteiger partial charge in [-0.2, -0.15) is 0 Å². The van der Waals surface area contributed by atoms with Gasteiger partial charge >= 0.3 is 0 Å². The standard InChI is InChI=1S/C26H37ClFN7O2/c1-15(2)37-23-18(16(3)25-32-17(4)22-24(29)30-7-9-35(22)25)14-19(27)21(28)20(23)26(36)31-6-8-34-12-10-33(5)11-13-34/h7,9,14-16,25,32H,6,8,10-13H2,1-5H3,(H2,29,30)(H,31,36)/t16-,25?/m0/s1. The summed E-state index contributed by atoms with van der Waals surface area (Å²) >= 11 is 6.36. The van der Waals surface area contributed by atoms with Crippen LogP contribution in [0.4, 0.5) is 4.39 Å². The maximum atomic E-state index is 15.4. The van der Waals surface area contributed by atoms with Crippen molar-refractivity contribution in [3.63, 3.8) is 0 Å². The number of rotatable bonds is 8. The molecule has 0 saturated carbocycles. The van der Waals surface area contributed by atoms with E-state index < -0.39 is 11.7 Å². The number of amidine groups is 1. The molecule has 3 aliphatic heterocycles. The van der Waals surface area contributed by atoms with Crippen LogP contribution >= 0.6 is 11.6 Å². The Balaban J connectivity index is 1.60. The van der Waals surface area contributed by atoms with E-state index in [2.05, 4.69) is 32.5 Å². The first-order valence-electron chi connectivity index (χ1n) is 12.7. The Morgan fingerprint density at radius 3 is 2.70 bits per heavy atom. The molecule has 1 saturated heterocycles. The number of halogens is 2. The molecule has 11 heteroatoms. The predicted octanol–water partition coefficient (Wildman–Crippen LogP) is 2.65. The highest BCUT2D eigenvalue weighted by molar-refractivity contribution is 6.31. The van der Waals surface area contributed by atoms with Crippen molar-refractivity contribution in [2.24, 2.45) is 10.7 Å². The van der Waals surface area contributed by atoms with Crippen molar-refractivity contribution in [3.8, 4) is 5.75 Å². The molecule has 1 amide bonds. The largest absolute Gasteiger partial charge is 0.490 e. The first-order chi connectivity index (χ1) is 17.6. The van der Waals surface area contributed by atoms with Crippen molar-refractivity contribution in [2.75, 3.05) is 46.3 Å². The number of hydrogen-bond donors (Lipinski definition) is 3. The van der Waals surface area contributed by atoms with Gasteiger partial charge in [0.2, 0.25) is 0 Å². The average molecular weight is 534 g/mol. The molecule has 9 nitrogen and oxygen atoms in total. The van der Waals surface area contributed by atoms with Gasteiger partial charge in [0.05, 0.1) is 11.1 Å². The summed E-state index contributed by atoms with van der Waals surface area (Å²) in [7, 11) is 2.10. The lowest BCUT2D eigenvalue weighted by molar-refractivity contribution is 0.0930. The molecule has 3 aliphatic rings. The van der Waals surface area contributed by atoms with Crippen LogP contribution in [0.3, 0.4) is 0 Å². The SMILES string of the molecule is CC1=C2C(N)=NC=CN2C([C@@H](C)c2cc(Cl)c(F)c(C(=O)NCCN3CCN(C)CC3)c2OC(C)C)N1. The van der Waals surface area contributed by atoms with Crippen molar-refractivity contribution in [3.05, 3.63) is 51.8 Å². The summed E-state index contributed by atoms with van der Waals surface area (Å²) in [6, 6.07) is 1.56. The Kier molecular flexibility index (Phi) is 8.30. The fourth-order valence-corrected chi connectivity index (χ4v) is 5.20. The van der Waals surface area contributed by atoms with E-state index in [0.717, 1.165) is 37.6 Å². The monoisotopic (exact) mass is 533 g/mol. The molecule has 0 aromatic heterocycles. The topological polar surface area (TPSA) is 98.5 Å². The summed E-state index contributed by atoms with van der Waals surface area (Å²) in [5, 5.41) is 6.21. The summed E-state index contributed by atoms with van der Waals surface area (Å²) in [6.45, 7) is 12.5. The van der Waals surface area contributed by atoms with Crippen LogP contribution in [-0.2, 0) is 0 Å². The molecule has 37 heavy (non-hydrogen) atoms. The van der Waals surface area contributed by atoms with Crippen LogP contribution in [0.2, 0.25) is 5.02 Å². The Hall–Kier alpha value is -2.82. The number of carbonyl (C=O) groups excluding carboxylic acids is 1. The molecule has 0 aliphatic carbocycles. The van der Waals surface area contributed by atoms with Crippen molar-refractivity contribution >= 4 is 23.3 Å². The molecule has 0 radical (unpaired) electrons. The van der Waals surface area contributed by atoms with E-state index in [1.165, 1.54) is 0 Å². The molecule has 1 fully saturated rings. The van der Waals surface area contributed by atoms with Crippen LogP contribution < -0.4 is 21.1 Å². The zero-order chi connectivity index (χ0) is 26.9. The van der Waals surface area contributed by atoms with E-state index in [-0.39, 0.29) is 34.5 Å². The molecule has 0 bridgehead atoms. The number of fused-ring (bicyclic) bond motifs is 1. The van der Waals surface area contributed by atoms with E-state index in [0.29, 0.717) is 24.5 Å². The fourth-order valence-electron chi connectivity index (χ4n) is 4.99. The summed E-state index contributed by atoms with van der Waals surface area (Å²) in [5.41, 5.74) is 8.26. The quantitative estimate of drug-likeness (QED) is 0.472. The highest BCUT2D eigenvalue weighted by Gasteiger charge is 2.38. The van der Waals surface area contributed by atoms with Crippen LogP contribution in [0.25, 0.3) is 0 Å². The number of likely N-dealkylation sites (N-methyl/N-ethyl adjacent to an activating group) is 1. The van der Waals surface area contributed by atoms with Crippen molar-refractivity contribution in [2.45, 2.75) is 45.9 Å². The number of nitrogens with one attached hydrogen (secondary N) is 2.